The molecule has 28 heavy (non-hydrogen) atoms. The zero-order chi connectivity index (χ0) is 19.3. The molecule has 1 aliphatic heterocycles. The molecule has 4 rings (SSSR count). The van der Waals surface area contributed by atoms with E-state index in [-0.39, 0.29) is 17.6 Å². The first-order chi connectivity index (χ1) is 13.7. The van der Waals surface area contributed by atoms with Crippen LogP contribution in [0.5, 0.6) is 0 Å². The first-order valence-corrected chi connectivity index (χ1v) is 9.60. The monoisotopic (exact) mass is 375 g/mol. The Morgan fingerprint density at radius 1 is 1.07 bits per heavy atom. The zero-order valence-electron chi connectivity index (χ0n) is 15.6. The van der Waals surface area contributed by atoms with E-state index >= 15 is 0 Å². The Labute approximate surface area is 164 Å². The molecule has 0 saturated carbocycles. The van der Waals surface area contributed by atoms with Gasteiger partial charge in [0.25, 0.3) is 0 Å². The molecule has 1 aromatic carbocycles. The Kier molecular flexibility index (Phi) is 5.42. The highest BCUT2D eigenvalue weighted by molar-refractivity contribution is 5.78. The maximum atomic E-state index is 14.1. The van der Waals surface area contributed by atoms with Crippen LogP contribution in [0.25, 0.3) is 11.3 Å². The second kappa shape index (κ2) is 8.30. The van der Waals surface area contributed by atoms with Crippen molar-refractivity contribution >= 4 is 5.91 Å². The van der Waals surface area contributed by atoms with Crippen molar-refractivity contribution in [2.75, 3.05) is 13.1 Å². The molecule has 1 saturated heterocycles. The molecule has 1 aliphatic rings. The minimum atomic E-state index is -0.275. The lowest BCUT2D eigenvalue weighted by Crippen LogP contribution is -2.40. The highest BCUT2D eigenvalue weighted by Gasteiger charge is 2.26. The summed E-state index contributed by atoms with van der Waals surface area (Å²) in [5, 5.41) is 0. The number of carbonyl (C=O) groups is 1. The topological polar surface area (TPSA) is 46.1 Å². The van der Waals surface area contributed by atoms with E-state index in [0.717, 1.165) is 30.8 Å². The van der Waals surface area contributed by atoms with Gasteiger partial charge >= 0.3 is 0 Å². The Balaban J connectivity index is 1.50. The molecule has 0 aliphatic carbocycles. The van der Waals surface area contributed by atoms with Crippen LogP contribution in [-0.4, -0.2) is 33.9 Å². The van der Waals surface area contributed by atoms with Crippen molar-refractivity contribution in [1.82, 2.24) is 14.9 Å². The molecule has 3 heterocycles. The van der Waals surface area contributed by atoms with Crippen molar-refractivity contribution in [3.05, 3.63) is 84.1 Å². The molecular formula is C23H22FN3O. The standard InChI is InChI=1S/C23H22FN3O/c24-20-10-2-1-9-19(20)22-12-5-11-21(26-22)17-7-6-14-27(16-17)23(28)15-18-8-3-4-13-25-18/h1-5,8-13,17H,6-7,14-16H2/t17-/m0/s1. The summed E-state index contributed by atoms with van der Waals surface area (Å²) in [5.74, 6) is -0.0234. The van der Waals surface area contributed by atoms with Crippen molar-refractivity contribution in [2.45, 2.75) is 25.2 Å². The minimum Gasteiger partial charge on any atom is -0.342 e. The van der Waals surface area contributed by atoms with Crippen molar-refractivity contribution in [1.29, 1.82) is 0 Å². The van der Waals surface area contributed by atoms with Crippen LogP contribution in [0.1, 0.15) is 30.1 Å². The van der Waals surface area contributed by atoms with E-state index in [4.69, 9.17) is 4.98 Å². The first kappa shape index (κ1) is 18.3. The molecule has 0 unspecified atom stereocenters. The van der Waals surface area contributed by atoms with Crippen molar-refractivity contribution in [3.8, 4) is 11.3 Å². The number of aromatic nitrogens is 2. The van der Waals surface area contributed by atoms with Gasteiger partial charge in [0.2, 0.25) is 5.91 Å². The molecule has 0 spiro atoms. The zero-order valence-corrected chi connectivity index (χ0v) is 15.6. The summed E-state index contributed by atoms with van der Waals surface area (Å²) >= 11 is 0. The fraction of sp³-hybridized carbons (Fsp3) is 0.261. The predicted molar refractivity (Wildman–Crippen MR) is 106 cm³/mol. The fourth-order valence-corrected chi connectivity index (χ4v) is 3.71. The third-order valence-corrected chi connectivity index (χ3v) is 5.17. The molecule has 0 N–H and O–H groups in total. The molecule has 5 heteroatoms. The fourth-order valence-electron chi connectivity index (χ4n) is 3.71. The highest BCUT2D eigenvalue weighted by atomic mass is 19.1. The number of amides is 1. The van der Waals surface area contributed by atoms with Gasteiger partial charge in [0.1, 0.15) is 5.82 Å². The summed E-state index contributed by atoms with van der Waals surface area (Å²) in [6.07, 6.45) is 3.93. The van der Waals surface area contributed by atoms with Gasteiger partial charge < -0.3 is 4.90 Å². The van der Waals surface area contributed by atoms with Crippen LogP contribution in [0, 0.1) is 5.82 Å². The first-order valence-electron chi connectivity index (χ1n) is 9.60. The van der Waals surface area contributed by atoms with Gasteiger partial charge in [0.15, 0.2) is 0 Å². The summed E-state index contributed by atoms with van der Waals surface area (Å²) in [6.45, 7) is 1.40. The predicted octanol–water partition coefficient (Wildman–Crippen LogP) is 4.23. The normalized spacial score (nSPS) is 16.8. The van der Waals surface area contributed by atoms with Gasteiger partial charge in [-0.05, 0) is 49.2 Å². The molecule has 4 nitrogen and oxygen atoms in total. The van der Waals surface area contributed by atoms with Gasteiger partial charge in [0, 0.05) is 42.2 Å². The number of nitrogens with zero attached hydrogens (tertiary/aromatic N) is 3. The lowest BCUT2D eigenvalue weighted by Gasteiger charge is -2.32. The van der Waals surface area contributed by atoms with E-state index in [9.17, 15) is 9.18 Å². The molecule has 142 valence electrons. The molecule has 0 bridgehead atoms. The molecule has 3 aromatic rings. The smallest absolute Gasteiger partial charge is 0.228 e. The number of halogens is 1. The van der Waals surface area contributed by atoms with E-state index in [2.05, 4.69) is 4.98 Å². The Bertz CT molecular complexity index is 961. The Morgan fingerprint density at radius 2 is 1.93 bits per heavy atom. The number of piperidine rings is 1. The molecule has 1 amide bonds. The van der Waals surface area contributed by atoms with Crippen LogP contribution in [0.15, 0.2) is 66.9 Å². The third-order valence-electron chi connectivity index (χ3n) is 5.17. The molecular weight excluding hydrogens is 353 g/mol. The van der Waals surface area contributed by atoms with Crippen LogP contribution in [0.4, 0.5) is 4.39 Å². The van der Waals surface area contributed by atoms with E-state index in [1.54, 1.807) is 18.3 Å². The summed E-state index contributed by atoms with van der Waals surface area (Å²) in [7, 11) is 0. The Morgan fingerprint density at radius 3 is 2.75 bits per heavy atom. The summed E-state index contributed by atoms with van der Waals surface area (Å²) < 4.78 is 14.1. The van der Waals surface area contributed by atoms with E-state index in [1.807, 2.05) is 47.4 Å². The van der Waals surface area contributed by atoms with Gasteiger partial charge in [-0.25, -0.2) is 4.39 Å². The number of rotatable bonds is 4. The van der Waals surface area contributed by atoms with Gasteiger partial charge in [-0.1, -0.05) is 24.3 Å². The van der Waals surface area contributed by atoms with Crippen LogP contribution in [0.3, 0.4) is 0 Å². The summed E-state index contributed by atoms with van der Waals surface area (Å²) in [6, 6.07) is 18.0. The number of hydrogen-bond donors (Lipinski definition) is 0. The third kappa shape index (κ3) is 4.09. The van der Waals surface area contributed by atoms with Gasteiger partial charge in [-0.15, -0.1) is 0 Å². The van der Waals surface area contributed by atoms with E-state index < -0.39 is 0 Å². The second-order valence-corrected chi connectivity index (χ2v) is 7.10. The van der Waals surface area contributed by atoms with Crippen LogP contribution in [-0.2, 0) is 11.2 Å². The molecule has 1 atom stereocenters. The molecule has 1 fully saturated rings. The number of hydrogen-bond acceptors (Lipinski definition) is 3. The Hall–Kier alpha value is -3.08. The SMILES string of the molecule is O=C(Cc1ccccn1)N1CCC[C@H](c2cccc(-c3ccccc3F)n2)C1. The molecule has 0 radical (unpaired) electrons. The van der Waals surface area contributed by atoms with Gasteiger partial charge in [-0.2, -0.15) is 0 Å². The highest BCUT2D eigenvalue weighted by Crippen LogP contribution is 2.28. The maximum absolute atomic E-state index is 14.1. The quantitative estimate of drug-likeness (QED) is 0.685. The lowest BCUT2D eigenvalue weighted by atomic mass is 9.93. The number of carbonyl (C=O) groups excluding carboxylic acids is 1. The van der Waals surface area contributed by atoms with E-state index in [0.29, 0.717) is 24.2 Å². The number of pyridine rings is 2. The van der Waals surface area contributed by atoms with Crippen molar-refractivity contribution in [3.63, 3.8) is 0 Å². The van der Waals surface area contributed by atoms with Gasteiger partial charge in [0.05, 0.1) is 12.1 Å². The van der Waals surface area contributed by atoms with Gasteiger partial charge in [-0.3, -0.25) is 14.8 Å². The van der Waals surface area contributed by atoms with Crippen LogP contribution >= 0.6 is 0 Å². The average Bonchev–Trinajstić information content (AvgIpc) is 2.75. The minimum absolute atomic E-state index is 0.0914. The second-order valence-electron chi connectivity index (χ2n) is 7.10. The number of benzene rings is 1. The molecule has 2 aromatic heterocycles. The lowest BCUT2D eigenvalue weighted by molar-refractivity contribution is -0.131. The van der Waals surface area contributed by atoms with Crippen LogP contribution in [0.2, 0.25) is 0 Å². The average molecular weight is 375 g/mol. The van der Waals surface area contributed by atoms with Crippen LogP contribution < -0.4 is 0 Å². The summed E-state index contributed by atoms with van der Waals surface area (Å²) in [4.78, 5) is 23.6. The van der Waals surface area contributed by atoms with E-state index in [1.165, 1.54) is 6.07 Å². The van der Waals surface area contributed by atoms with Crippen molar-refractivity contribution < 1.29 is 9.18 Å². The number of likely N-dealkylation sites (tertiary alicyclic amines) is 1. The van der Waals surface area contributed by atoms with Crippen molar-refractivity contribution in [2.24, 2.45) is 0 Å². The largest absolute Gasteiger partial charge is 0.342 e. The maximum Gasteiger partial charge on any atom is 0.228 e. The summed E-state index contributed by atoms with van der Waals surface area (Å²) in [5.41, 5.74) is 2.83.